The van der Waals surface area contributed by atoms with Crippen molar-refractivity contribution in [3.8, 4) is 0 Å². The highest BCUT2D eigenvalue weighted by molar-refractivity contribution is 7.98. The zero-order chi connectivity index (χ0) is 12.3. The summed E-state index contributed by atoms with van der Waals surface area (Å²) in [6, 6.07) is 6.22. The largest absolute Gasteiger partial charge is 0.468 e. The van der Waals surface area contributed by atoms with Crippen molar-refractivity contribution >= 4 is 29.1 Å². The Bertz CT molecular complexity index is 530. The number of nitrogens with zero attached hydrogens (tertiary/aromatic N) is 2. The van der Waals surface area contributed by atoms with Crippen molar-refractivity contribution in [1.29, 1.82) is 0 Å². The van der Waals surface area contributed by atoms with E-state index in [1.165, 1.54) is 23.9 Å². The number of hydrogen-bond acceptors (Lipinski definition) is 5. The van der Waals surface area contributed by atoms with E-state index in [1.807, 2.05) is 6.07 Å². The zero-order valence-corrected chi connectivity index (χ0v) is 10.1. The molecule has 0 saturated carbocycles. The third kappa shape index (κ3) is 3.21. The molecule has 0 N–H and O–H groups in total. The molecule has 0 saturated heterocycles. The molecule has 0 aliphatic heterocycles. The van der Waals surface area contributed by atoms with Crippen LogP contribution in [0.1, 0.15) is 5.76 Å². The van der Waals surface area contributed by atoms with Crippen LogP contribution in [0.2, 0.25) is 5.15 Å². The lowest BCUT2D eigenvalue weighted by Gasteiger charge is -1.99. The Morgan fingerprint density at radius 3 is 3.00 bits per heavy atom. The van der Waals surface area contributed by atoms with Crippen molar-refractivity contribution in [2.45, 2.75) is 10.8 Å². The summed E-state index contributed by atoms with van der Waals surface area (Å²) in [6.45, 7) is 0. The summed E-state index contributed by atoms with van der Waals surface area (Å²) < 4.78 is 5.15. The van der Waals surface area contributed by atoms with Gasteiger partial charge in [-0.05, 0) is 12.1 Å². The Labute approximate surface area is 106 Å². The standard InChI is InChI=1S/C10H7ClN2O3S/c11-9-4-7(13(14)15)5-10(12-9)17-6-8-2-1-3-16-8/h1-5H,6H2. The summed E-state index contributed by atoms with van der Waals surface area (Å²) in [5.74, 6) is 1.33. The molecule has 0 aromatic carbocycles. The highest BCUT2D eigenvalue weighted by Crippen LogP contribution is 2.26. The number of thioether (sulfide) groups is 1. The van der Waals surface area contributed by atoms with E-state index >= 15 is 0 Å². The second-order valence-corrected chi connectivity index (χ2v) is 4.49. The van der Waals surface area contributed by atoms with Gasteiger partial charge in [-0.1, -0.05) is 23.4 Å². The molecule has 2 aromatic rings. The van der Waals surface area contributed by atoms with Crippen LogP contribution >= 0.6 is 23.4 Å². The average molecular weight is 271 g/mol. The normalized spacial score (nSPS) is 10.4. The quantitative estimate of drug-likeness (QED) is 0.368. The topological polar surface area (TPSA) is 69.2 Å². The van der Waals surface area contributed by atoms with E-state index in [1.54, 1.807) is 12.3 Å². The number of rotatable bonds is 4. The maximum absolute atomic E-state index is 10.6. The van der Waals surface area contributed by atoms with E-state index in [0.717, 1.165) is 5.76 Å². The van der Waals surface area contributed by atoms with Gasteiger partial charge in [-0.25, -0.2) is 4.98 Å². The fourth-order valence-electron chi connectivity index (χ4n) is 1.18. The third-order valence-electron chi connectivity index (χ3n) is 1.91. The van der Waals surface area contributed by atoms with Crippen molar-refractivity contribution in [2.75, 3.05) is 0 Å². The summed E-state index contributed by atoms with van der Waals surface area (Å²) >= 11 is 7.03. The predicted molar refractivity (Wildman–Crippen MR) is 64.2 cm³/mol. The fraction of sp³-hybridized carbons (Fsp3) is 0.100. The number of aromatic nitrogens is 1. The Hall–Kier alpha value is -1.53. The van der Waals surface area contributed by atoms with Gasteiger partial charge >= 0.3 is 0 Å². The minimum Gasteiger partial charge on any atom is -0.468 e. The van der Waals surface area contributed by atoms with Gasteiger partial charge in [-0.15, -0.1) is 0 Å². The lowest BCUT2D eigenvalue weighted by atomic mass is 10.4. The van der Waals surface area contributed by atoms with Crippen LogP contribution in [-0.4, -0.2) is 9.91 Å². The van der Waals surface area contributed by atoms with E-state index in [4.69, 9.17) is 16.0 Å². The smallest absolute Gasteiger partial charge is 0.275 e. The van der Waals surface area contributed by atoms with Crippen LogP contribution in [0.3, 0.4) is 0 Å². The predicted octanol–water partition coefficient (Wildman–Crippen LogP) is 3.53. The maximum atomic E-state index is 10.6. The van der Waals surface area contributed by atoms with E-state index in [0.29, 0.717) is 10.8 Å². The van der Waals surface area contributed by atoms with Crippen molar-refractivity contribution in [3.05, 3.63) is 51.6 Å². The van der Waals surface area contributed by atoms with E-state index in [-0.39, 0.29) is 10.8 Å². The summed E-state index contributed by atoms with van der Waals surface area (Å²) in [7, 11) is 0. The molecule has 17 heavy (non-hydrogen) atoms. The van der Waals surface area contributed by atoms with E-state index in [2.05, 4.69) is 4.98 Å². The van der Waals surface area contributed by atoms with Crippen LogP contribution in [0.5, 0.6) is 0 Å². The highest BCUT2D eigenvalue weighted by atomic mass is 35.5. The first kappa shape index (κ1) is 11.9. The van der Waals surface area contributed by atoms with Gasteiger partial charge in [0, 0.05) is 6.07 Å². The van der Waals surface area contributed by atoms with Crippen molar-refractivity contribution in [3.63, 3.8) is 0 Å². The van der Waals surface area contributed by atoms with Gasteiger partial charge in [0.15, 0.2) is 0 Å². The molecule has 5 nitrogen and oxygen atoms in total. The molecule has 7 heteroatoms. The van der Waals surface area contributed by atoms with E-state index < -0.39 is 4.92 Å². The molecule has 0 atom stereocenters. The molecule has 0 unspecified atom stereocenters. The van der Waals surface area contributed by atoms with Gasteiger partial charge < -0.3 is 4.42 Å². The van der Waals surface area contributed by atoms with E-state index in [9.17, 15) is 10.1 Å². The number of furan rings is 1. The summed E-state index contributed by atoms with van der Waals surface area (Å²) in [5.41, 5.74) is -0.0630. The molecule has 0 aliphatic rings. The van der Waals surface area contributed by atoms with Crippen molar-refractivity contribution < 1.29 is 9.34 Å². The Morgan fingerprint density at radius 2 is 2.35 bits per heavy atom. The second-order valence-electron chi connectivity index (χ2n) is 3.11. The minimum atomic E-state index is -0.496. The molecule has 2 heterocycles. The second kappa shape index (κ2) is 5.20. The zero-order valence-electron chi connectivity index (χ0n) is 8.50. The van der Waals surface area contributed by atoms with Gasteiger partial charge in [0.2, 0.25) is 0 Å². The number of hydrogen-bond donors (Lipinski definition) is 0. The van der Waals surface area contributed by atoms with Gasteiger partial charge in [0.1, 0.15) is 15.9 Å². The molecule has 0 radical (unpaired) electrons. The third-order valence-corrected chi connectivity index (χ3v) is 3.04. The SMILES string of the molecule is O=[N+]([O-])c1cc(Cl)nc(SCc2ccco2)c1. The molecule has 2 aromatic heterocycles. The van der Waals surface area contributed by atoms with Crippen LogP contribution in [0.15, 0.2) is 40.0 Å². The first-order valence-corrected chi connectivity index (χ1v) is 5.98. The molecular weight excluding hydrogens is 264 g/mol. The maximum Gasteiger partial charge on any atom is 0.275 e. The van der Waals surface area contributed by atoms with Crippen LogP contribution in [0.25, 0.3) is 0 Å². The average Bonchev–Trinajstić information content (AvgIpc) is 2.78. The first-order chi connectivity index (χ1) is 8.15. The summed E-state index contributed by atoms with van der Waals surface area (Å²) in [4.78, 5) is 14.1. The highest BCUT2D eigenvalue weighted by Gasteiger charge is 2.11. The van der Waals surface area contributed by atoms with Crippen molar-refractivity contribution in [1.82, 2.24) is 4.98 Å². The van der Waals surface area contributed by atoms with Gasteiger partial charge in [0.25, 0.3) is 5.69 Å². The summed E-state index contributed by atoms with van der Waals surface area (Å²) in [6.07, 6.45) is 1.57. The monoisotopic (exact) mass is 270 g/mol. The van der Waals surface area contributed by atoms with Crippen LogP contribution in [-0.2, 0) is 5.75 Å². The Balaban J connectivity index is 2.13. The molecule has 0 aliphatic carbocycles. The van der Waals surface area contributed by atoms with Crippen molar-refractivity contribution in [2.24, 2.45) is 0 Å². The molecule has 88 valence electrons. The van der Waals surface area contributed by atoms with Gasteiger partial charge in [-0.2, -0.15) is 0 Å². The van der Waals surface area contributed by atoms with Crippen LogP contribution < -0.4 is 0 Å². The van der Waals surface area contributed by atoms with Gasteiger partial charge in [-0.3, -0.25) is 10.1 Å². The Morgan fingerprint density at radius 1 is 1.53 bits per heavy atom. The van der Waals surface area contributed by atoms with Crippen LogP contribution in [0, 0.1) is 10.1 Å². The Kier molecular flexibility index (Phi) is 3.65. The number of pyridine rings is 1. The van der Waals surface area contributed by atoms with Crippen LogP contribution in [0.4, 0.5) is 5.69 Å². The molecule has 0 amide bonds. The molecular formula is C10H7ClN2O3S. The summed E-state index contributed by atoms with van der Waals surface area (Å²) in [5, 5.41) is 11.2. The minimum absolute atomic E-state index is 0.0630. The molecule has 0 spiro atoms. The first-order valence-electron chi connectivity index (χ1n) is 4.62. The lowest BCUT2D eigenvalue weighted by Crippen LogP contribution is -1.91. The molecule has 0 fully saturated rings. The molecule has 0 bridgehead atoms. The van der Waals surface area contributed by atoms with Gasteiger partial charge in [0.05, 0.1) is 23.0 Å². The fourth-order valence-corrected chi connectivity index (χ4v) is 2.25. The molecule has 2 rings (SSSR count). The number of nitro groups is 1. The number of halogens is 1. The lowest BCUT2D eigenvalue weighted by molar-refractivity contribution is -0.385.